The molecule has 0 radical (unpaired) electrons. The minimum atomic E-state index is -0.799. The lowest BCUT2D eigenvalue weighted by atomic mass is 9.97. The van der Waals surface area contributed by atoms with Gasteiger partial charge in [0.1, 0.15) is 5.75 Å². The van der Waals surface area contributed by atoms with Crippen LogP contribution in [0.2, 0.25) is 0 Å². The van der Waals surface area contributed by atoms with Gasteiger partial charge in [0, 0.05) is 16.7 Å². The van der Waals surface area contributed by atoms with Gasteiger partial charge in [-0.1, -0.05) is 91.0 Å². The van der Waals surface area contributed by atoms with Crippen molar-refractivity contribution in [2.24, 2.45) is 0 Å². The highest BCUT2D eigenvalue weighted by Gasteiger charge is 2.31. The third kappa shape index (κ3) is 4.86. The normalized spacial score (nSPS) is 10.6. The highest BCUT2D eigenvalue weighted by atomic mass is 16.5. The van der Waals surface area contributed by atoms with Crippen LogP contribution in [-0.4, -0.2) is 27.3 Å². The maximum Gasteiger partial charge on any atom is 0.365 e. The Morgan fingerprint density at radius 2 is 1.30 bits per heavy atom. The molecule has 0 aliphatic carbocycles. The average molecular weight is 487 g/mol. The standard InChI is InChI=1S/C31H22N2O4/c1-21(34)24-16-11-19-26(20-24)37-31(36)28-27(30(35)23-14-7-3-8-15-23)29(22-12-5-2-6-13-22)33(32-28)25-17-9-4-10-18-25/h2-20H,1H3. The van der Waals surface area contributed by atoms with Crippen molar-refractivity contribution in [2.45, 2.75) is 6.92 Å². The first-order chi connectivity index (χ1) is 18.0. The molecule has 0 aliphatic rings. The lowest BCUT2D eigenvalue weighted by Gasteiger charge is -2.10. The zero-order chi connectivity index (χ0) is 25.8. The van der Waals surface area contributed by atoms with E-state index in [0.717, 1.165) is 5.56 Å². The van der Waals surface area contributed by atoms with Crippen molar-refractivity contribution in [2.75, 3.05) is 0 Å². The van der Waals surface area contributed by atoms with Gasteiger partial charge in [-0.2, -0.15) is 5.10 Å². The quantitative estimate of drug-likeness (QED) is 0.156. The molecule has 0 atom stereocenters. The van der Waals surface area contributed by atoms with Gasteiger partial charge in [-0.15, -0.1) is 0 Å². The van der Waals surface area contributed by atoms with Gasteiger partial charge in [0.05, 0.1) is 16.9 Å². The second-order valence-corrected chi connectivity index (χ2v) is 8.35. The van der Waals surface area contributed by atoms with E-state index < -0.39 is 5.97 Å². The molecule has 0 fully saturated rings. The second kappa shape index (κ2) is 10.3. The van der Waals surface area contributed by atoms with Gasteiger partial charge in [0.2, 0.25) is 0 Å². The topological polar surface area (TPSA) is 78.3 Å². The largest absolute Gasteiger partial charge is 0.422 e. The molecule has 5 rings (SSSR count). The van der Waals surface area contributed by atoms with Crippen LogP contribution in [0.4, 0.5) is 0 Å². The van der Waals surface area contributed by atoms with Gasteiger partial charge in [0.25, 0.3) is 0 Å². The van der Waals surface area contributed by atoms with Crippen molar-refractivity contribution in [3.63, 3.8) is 0 Å². The fourth-order valence-electron chi connectivity index (χ4n) is 4.06. The fourth-order valence-corrected chi connectivity index (χ4v) is 4.06. The predicted molar refractivity (Wildman–Crippen MR) is 140 cm³/mol. The van der Waals surface area contributed by atoms with Gasteiger partial charge in [0.15, 0.2) is 17.3 Å². The molecule has 6 heteroatoms. The monoisotopic (exact) mass is 486 g/mol. The van der Waals surface area contributed by atoms with Crippen LogP contribution in [0.5, 0.6) is 5.75 Å². The molecule has 37 heavy (non-hydrogen) atoms. The molecule has 0 bridgehead atoms. The van der Waals surface area contributed by atoms with Crippen LogP contribution >= 0.6 is 0 Å². The number of ether oxygens (including phenoxy) is 1. The lowest BCUT2D eigenvalue weighted by Crippen LogP contribution is -2.15. The fraction of sp³-hybridized carbons (Fsp3) is 0.0323. The van der Waals surface area contributed by atoms with E-state index in [1.54, 1.807) is 47.1 Å². The molecule has 0 amide bonds. The minimum Gasteiger partial charge on any atom is -0.422 e. The summed E-state index contributed by atoms with van der Waals surface area (Å²) >= 11 is 0. The summed E-state index contributed by atoms with van der Waals surface area (Å²) in [7, 11) is 0. The Morgan fingerprint density at radius 3 is 1.95 bits per heavy atom. The summed E-state index contributed by atoms with van der Waals surface area (Å²) in [5.41, 5.74) is 2.71. The van der Waals surface area contributed by atoms with E-state index in [1.165, 1.54) is 13.0 Å². The lowest BCUT2D eigenvalue weighted by molar-refractivity contribution is 0.0723. The van der Waals surface area contributed by atoms with Crippen LogP contribution in [0.3, 0.4) is 0 Å². The van der Waals surface area contributed by atoms with Crippen LogP contribution in [0.1, 0.15) is 43.7 Å². The van der Waals surface area contributed by atoms with Crippen molar-refractivity contribution in [3.8, 4) is 22.7 Å². The Morgan fingerprint density at radius 1 is 0.703 bits per heavy atom. The predicted octanol–water partition coefficient (Wildman–Crippen LogP) is 6.19. The Hall–Kier alpha value is -5.10. The number of nitrogens with zero attached hydrogens (tertiary/aromatic N) is 2. The number of ketones is 2. The molecule has 5 aromatic rings. The van der Waals surface area contributed by atoms with Crippen molar-refractivity contribution < 1.29 is 19.1 Å². The number of carbonyl (C=O) groups excluding carboxylic acids is 3. The number of carbonyl (C=O) groups is 3. The van der Waals surface area contributed by atoms with Crippen molar-refractivity contribution in [1.82, 2.24) is 9.78 Å². The van der Waals surface area contributed by atoms with E-state index in [-0.39, 0.29) is 28.6 Å². The zero-order valence-electron chi connectivity index (χ0n) is 20.0. The number of aromatic nitrogens is 2. The first kappa shape index (κ1) is 23.6. The van der Waals surface area contributed by atoms with E-state index in [4.69, 9.17) is 4.74 Å². The summed E-state index contributed by atoms with van der Waals surface area (Å²) < 4.78 is 7.23. The third-order valence-corrected chi connectivity index (χ3v) is 5.84. The summed E-state index contributed by atoms with van der Waals surface area (Å²) in [5, 5.41) is 4.61. The van der Waals surface area contributed by atoms with E-state index in [0.29, 0.717) is 22.5 Å². The highest BCUT2D eigenvalue weighted by molar-refractivity contribution is 6.17. The summed E-state index contributed by atoms with van der Waals surface area (Å²) in [4.78, 5) is 39.3. The van der Waals surface area contributed by atoms with Crippen molar-refractivity contribution >= 4 is 17.5 Å². The second-order valence-electron chi connectivity index (χ2n) is 8.35. The molecule has 0 N–H and O–H groups in total. The van der Waals surface area contributed by atoms with Crippen molar-refractivity contribution in [3.05, 3.63) is 138 Å². The van der Waals surface area contributed by atoms with Crippen LogP contribution in [0, 0.1) is 0 Å². The Labute approximate surface area is 213 Å². The first-order valence-corrected chi connectivity index (χ1v) is 11.7. The minimum absolute atomic E-state index is 0.121. The molecule has 4 aromatic carbocycles. The van der Waals surface area contributed by atoms with Gasteiger partial charge in [-0.25, -0.2) is 9.48 Å². The maximum atomic E-state index is 13.9. The summed E-state index contributed by atoms with van der Waals surface area (Å²) in [6.45, 7) is 1.44. The number of hydrogen-bond donors (Lipinski definition) is 0. The smallest absolute Gasteiger partial charge is 0.365 e. The van der Waals surface area contributed by atoms with Gasteiger partial charge in [-0.05, 0) is 31.2 Å². The molecule has 0 spiro atoms. The van der Waals surface area contributed by atoms with Crippen molar-refractivity contribution in [1.29, 1.82) is 0 Å². The number of esters is 1. The third-order valence-electron chi connectivity index (χ3n) is 5.84. The van der Waals surface area contributed by atoms with Gasteiger partial charge in [-0.3, -0.25) is 9.59 Å². The molecule has 0 saturated carbocycles. The Bertz CT molecular complexity index is 1590. The van der Waals surface area contributed by atoms with E-state index in [2.05, 4.69) is 5.10 Å². The first-order valence-electron chi connectivity index (χ1n) is 11.7. The number of hydrogen-bond acceptors (Lipinski definition) is 5. The Balaban J connectivity index is 1.72. The molecular weight excluding hydrogens is 464 g/mol. The molecule has 1 aromatic heterocycles. The summed E-state index contributed by atoms with van der Waals surface area (Å²) in [5.74, 6) is -1.12. The van der Waals surface area contributed by atoms with Crippen LogP contribution in [-0.2, 0) is 0 Å². The van der Waals surface area contributed by atoms with E-state index in [9.17, 15) is 14.4 Å². The summed E-state index contributed by atoms with van der Waals surface area (Å²) in [6.07, 6.45) is 0. The number of rotatable bonds is 7. The zero-order valence-corrected chi connectivity index (χ0v) is 20.0. The SMILES string of the molecule is CC(=O)c1cccc(OC(=O)c2nn(-c3ccccc3)c(-c3ccccc3)c2C(=O)c2ccccc2)c1. The van der Waals surface area contributed by atoms with E-state index >= 15 is 0 Å². The maximum absolute atomic E-state index is 13.9. The molecule has 1 heterocycles. The Kier molecular flexibility index (Phi) is 6.55. The molecule has 6 nitrogen and oxygen atoms in total. The molecule has 0 unspecified atom stereocenters. The number of Topliss-reactive ketones (excluding diaryl/α,β-unsaturated/α-hetero) is 1. The van der Waals surface area contributed by atoms with Crippen LogP contribution in [0.25, 0.3) is 16.9 Å². The molecular formula is C31H22N2O4. The number of benzene rings is 4. The van der Waals surface area contributed by atoms with Gasteiger partial charge >= 0.3 is 5.97 Å². The molecule has 0 aliphatic heterocycles. The van der Waals surface area contributed by atoms with Crippen LogP contribution in [0.15, 0.2) is 115 Å². The summed E-state index contributed by atoms with van der Waals surface area (Å²) in [6, 6.07) is 33.7. The van der Waals surface area contributed by atoms with Gasteiger partial charge < -0.3 is 4.74 Å². The van der Waals surface area contributed by atoms with Crippen LogP contribution < -0.4 is 4.74 Å². The number of para-hydroxylation sites is 1. The molecule has 180 valence electrons. The molecule has 0 saturated heterocycles. The van der Waals surface area contributed by atoms with E-state index in [1.807, 2.05) is 66.7 Å². The highest BCUT2D eigenvalue weighted by Crippen LogP contribution is 2.32. The average Bonchev–Trinajstić information content (AvgIpc) is 3.35.